The summed E-state index contributed by atoms with van der Waals surface area (Å²) in [4.78, 5) is 25.3. The SMILES string of the molecule is NC(=O)N(c1ccc(C2=Nc3c(N)ncnc3NCC2)cc1)c1cc(C(F)(F)F)ccc1F. The lowest BCUT2D eigenvalue weighted by molar-refractivity contribution is -0.137. The number of nitrogen functional groups attached to an aromatic ring is 1. The number of anilines is 4. The Morgan fingerprint density at radius 3 is 2.48 bits per heavy atom. The van der Waals surface area contributed by atoms with Gasteiger partial charge in [0.1, 0.15) is 17.8 Å². The van der Waals surface area contributed by atoms with E-state index in [1.165, 1.54) is 18.5 Å². The van der Waals surface area contributed by atoms with Crippen molar-refractivity contribution in [1.29, 1.82) is 0 Å². The van der Waals surface area contributed by atoms with Gasteiger partial charge in [-0.05, 0) is 35.9 Å². The van der Waals surface area contributed by atoms with Gasteiger partial charge in [0.2, 0.25) is 0 Å². The van der Waals surface area contributed by atoms with Crippen LogP contribution in [0.1, 0.15) is 17.5 Å². The van der Waals surface area contributed by atoms with Gasteiger partial charge in [-0.1, -0.05) is 12.1 Å². The molecule has 2 amide bonds. The van der Waals surface area contributed by atoms with Gasteiger partial charge in [-0.15, -0.1) is 0 Å². The second-order valence-corrected chi connectivity index (χ2v) is 7.08. The van der Waals surface area contributed by atoms with Crippen LogP contribution in [0.4, 0.5) is 51.1 Å². The number of nitrogens with zero attached hydrogens (tertiary/aromatic N) is 4. The van der Waals surface area contributed by atoms with Gasteiger partial charge in [-0.3, -0.25) is 4.90 Å². The maximum Gasteiger partial charge on any atom is 0.416 e. The number of nitrogens with two attached hydrogens (primary N) is 2. The zero-order valence-electron chi connectivity index (χ0n) is 16.9. The Bertz CT molecular complexity index is 1240. The normalized spacial score (nSPS) is 13.4. The Balaban J connectivity index is 1.71. The van der Waals surface area contributed by atoms with E-state index in [4.69, 9.17) is 11.5 Å². The first kappa shape index (κ1) is 22.0. The van der Waals surface area contributed by atoms with Crippen molar-refractivity contribution in [2.75, 3.05) is 22.5 Å². The number of hydrogen-bond donors (Lipinski definition) is 3. The second-order valence-electron chi connectivity index (χ2n) is 7.08. The highest BCUT2D eigenvalue weighted by molar-refractivity contribution is 6.05. The number of aliphatic imine (C=N–C) groups is 1. The van der Waals surface area contributed by atoms with Crippen LogP contribution in [0.5, 0.6) is 0 Å². The highest BCUT2D eigenvalue weighted by Gasteiger charge is 2.32. The minimum atomic E-state index is -4.72. The van der Waals surface area contributed by atoms with Crippen molar-refractivity contribution in [3.63, 3.8) is 0 Å². The second kappa shape index (κ2) is 8.37. The molecular weight excluding hydrogens is 442 g/mol. The van der Waals surface area contributed by atoms with Crippen LogP contribution in [0.2, 0.25) is 0 Å². The number of rotatable bonds is 3. The third kappa shape index (κ3) is 4.40. The molecule has 0 spiro atoms. The van der Waals surface area contributed by atoms with Crippen LogP contribution in [0.3, 0.4) is 0 Å². The van der Waals surface area contributed by atoms with E-state index in [1.807, 2.05) is 0 Å². The average Bonchev–Trinajstić information content (AvgIpc) is 2.98. The Morgan fingerprint density at radius 1 is 1.09 bits per heavy atom. The quantitative estimate of drug-likeness (QED) is 0.502. The van der Waals surface area contributed by atoms with Crippen molar-refractivity contribution >= 4 is 40.4 Å². The molecule has 0 atom stereocenters. The van der Waals surface area contributed by atoms with Crippen LogP contribution in [-0.4, -0.2) is 28.3 Å². The van der Waals surface area contributed by atoms with E-state index in [0.717, 1.165) is 0 Å². The minimum absolute atomic E-state index is 0.0834. The zero-order valence-corrected chi connectivity index (χ0v) is 16.9. The van der Waals surface area contributed by atoms with Crippen LogP contribution in [-0.2, 0) is 6.18 Å². The highest BCUT2D eigenvalue weighted by Crippen LogP contribution is 2.36. The molecule has 170 valence electrons. The van der Waals surface area contributed by atoms with Gasteiger partial charge in [-0.2, -0.15) is 13.2 Å². The monoisotopic (exact) mass is 459 g/mol. The molecule has 2 heterocycles. The summed E-state index contributed by atoms with van der Waals surface area (Å²) in [6.45, 7) is 0.521. The topological polar surface area (TPSA) is 123 Å². The maximum atomic E-state index is 14.4. The number of alkyl halides is 3. The van der Waals surface area contributed by atoms with Gasteiger partial charge >= 0.3 is 12.2 Å². The van der Waals surface area contributed by atoms with Gasteiger partial charge in [0.15, 0.2) is 11.6 Å². The van der Waals surface area contributed by atoms with E-state index in [9.17, 15) is 22.4 Å². The largest absolute Gasteiger partial charge is 0.416 e. The van der Waals surface area contributed by atoms with Crippen molar-refractivity contribution < 1.29 is 22.4 Å². The smallest absolute Gasteiger partial charge is 0.382 e. The number of urea groups is 1. The van der Waals surface area contributed by atoms with Crippen molar-refractivity contribution in [3.05, 3.63) is 65.7 Å². The number of halogens is 4. The number of hydrogen-bond acceptors (Lipinski definition) is 6. The summed E-state index contributed by atoms with van der Waals surface area (Å²) >= 11 is 0. The van der Waals surface area contributed by atoms with E-state index < -0.39 is 29.3 Å². The highest BCUT2D eigenvalue weighted by atomic mass is 19.4. The summed E-state index contributed by atoms with van der Waals surface area (Å²) in [5.74, 6) is -0.338. The molecule has 0 fully saturated rings. The summed E-state index contributed by atoms with van der Waals surface area (Å²) in [5, 5.41) is 3.11. The molecule has 2 aromatic carbocycles. The molecule has 8 nitrogen and oxygen atoms in total. The molecule has 1 aliphatic heterocycles. The van der Waals surface area contributed by atoms with Crippen LogP contribution >= 0.6 is 0 Å². The van der Waals surface area contributed by atoms with E-state index in [2.05, 4.69) is 20.3 Å². The van der Waals surface area contributed by atoms with Crippen molar-refractivity contribution in [3.8, 4) is 0 Å². The number of nitrogens with one attached hydrogen (secondary N) is 1. The van der Waals surface area contributed by atoms with Gasteiger partial charge < -0.3 is 16.8 Å². The summed E-state index contributed by atoms with van der Waals surface area (Å²) < 4.78 is 53.7. The molecule has 0 saturated heterocycles. The van der Waals surface area contributed by atoms with Crippen LogP contribution in [0.25, 0.3) is 0 Å². The van der Waals surface area contributed by atoms with Crippen LogP contribution in [0.15, 0.2) is 53.8 Å². The van der Waals surface area contributed by atoms with Gasteiger partial charge in [-0.25, -0.2) is 24.1 Å². The fraction of sp³-hybridized carbons (Fsp3) is 0.143. The lowest BCUT2D eigenvalue weighted by atomic mass is 10.1. The van der Waals surface area contributed by atoms with Crippen LogP contribution in [0, 0.1) is 5.82 Å². The van der Waals surface area contributed by atoms with Crippen molar-refractivity contribution in [2.24, 2.45) is 10.7 Å². The number of aromatic nitrogens is 2. The molecule has 0 saturated carbocycles. The summed E-state index contributed by atoms with van der Waals surface area (Å²) in [5.41, 5.74) is 11.3. The molecule has 5 N–H and O–H groups in total. The molecule has 1 aromatic heterocycles. The summed E-state index contributed by atoms with van der Waals surface area (Å²) in [6.07, 6.45) is -2.89. The number of carbonyl (C=O) groups is 1. The number of primary amides is 1. The number of carbonyl (C=O) groups excluding carboxylic acids is 1. The Kier molecular flexibility index (Phi) is 5.58. The average molecular weight is 459 g/mol. The lowest BCUT2D eigenvalue weighted by Crippen LogP contribution is -2.32. The van der Waals surface area contributed by atoms with E-state index in [-0.39, 0.29) is 11.5 Å². The first-order valence-corrected chi connectivity index (χ1v) is 9.64. The molecule has 33 heavy (non-hydrogen) atoms. The zero-order chi connectivity index (χ0) is 23.8. The predicted molar refractivity (Wildman–Crippen MR) is 115 cm³/mol. The van der Waals surface area contributed by atoms with Gasteiger partial charge in [0.05, 0.1) is 22.6 Å². The molecule has 12 heteroatoms. The number of fused-ring (bicyclic) bond motifs is 1. The first-order valence-electron chi connectivity index (χ1n) is 9.64. The molecule has 0 radical (unpaired) electrons. The summed E-state index contributed by atoms with van der Waals surface area (Å²) in [6, 6.07) is 6.69. The Hall–Kier alpha value is -4.22. The van der Waals surface area contributed by atoms with Crippen molar-refractivity contribution in [1.82, 2.24) is 9.97 Å². The molecule has 0 bridgehead atoms. The lowest BCUT2D eigenvalue weighted by Gasteiger charge is -2.22. The number of benzene rings is 2. The van der Waals surface area contributed by atoms with E-state index in [1.54, 1.807) is 12.1 Å². The van der Waals surface area contributed by atoms with Crippen LogP contribution < -0.4 is 21.7 Å². The third-order valence-corrected chi connectivity index (χ3v) is 4.95. The fourth-order valence-corrected chi connectivity index (χ4v) is 3.38. The molecular formula is C21H17F4N7O. The van der Waals surface area contributed by atoms with E-state index in [0.29, 0.717) is 58.8 Å². The predicted octanol–water partition coefficient (Wildman–Crippen LogP) is 4.37. The molecule has 4 rings (SSSR count). The fourth-order valence-electron chi connectivity index (χ4n) is 3.38. The molecule has 1 aliphatic rings. The van der Waals surface area contributed by atoms with Gasteiger partial charge in [0, 0.05) is 13.0 Å². The Morgan fingerprint density at radius 2 is 1.82 bits per heavy atom. The van der Waals surface area contributed by atoms with Crippen molar-refractivity contribution in [2.45, 2.75) is 12.6 Å². The maximum absolute atomic E-state index is 14.4. The Labute approximate surface area is 185 Å². The minimum Gasteiger partial charge on any atom is -0.382 e. The van der Waals surface area contributed by atoms with E-state index >= 15 is 0 Å². The molecule has 0 unspecified atom stereocenters. The molecule has 0 aliphatic carbocycles. The standard InChI is InChI=1S/C21H17F4N7O/c22-14-6-3-12(21(23,24)25)9-16(14)32(20(27)33)13-4-1-11(2-5-13)15-7-8-28-19-17(31-15)18(26)29-10-30-19/h1-6,9-10H,7-8H2,(H2,27,33)(H3,26,28,29,30). The number of amides is 2. The summed E-state index contributed by atoms with van der Waals surface area (Å²) in [7, 11) is 0. The first-order chi connectivity index (χ1) is 15.6. The van der Waals surface area contributed by atoms with Gasteiger partial charge in [0.25, 0.3) is 0 Å². The molecule has 3 aromatic rings. The third-order valence-electron chi connectivity index (χ3n) is 4.95.